The van der Waals surface area contributed by atoms with Gasteiger partial charge in [0.2, 0.25) is 15.9 Å². The second-order valence-corrected chi connectivity index (χ2v) is 11.2. The number of unbranched alkanes of at least 4 members (excludes halogenated alkanes) is 1. The lowest BCUT2D eigenvalue weighted by atomic mass is 10.0. The van der Waals surface area contributed by atoms with Crippen molar-refractivity contribution >= 4 is 26.7 Å². The highest BCUT2D eigenvalue weighted by Crippen LogP contribution is 2.26. The minimum absolute atomic E-state index is 0.139. The summed E-state index contributed by atoms with van der Waals surface area (Å²) in [5.74, 6) is -0.177. The van der Waals surface area contributed by atoms with Crippen LogP contribution in [0.4, 0.5) is 0 Å². The van der Waals surface area contributed by atoms with E-state index in [0.29, 0.717) is 12.1 Å². The maximum Gasteiger partial charge on any atom is 0.241 e. The van der Waals surface area contributed by atoms with Gasteiger partial charge in [-0.15, -0.1) is 0 Å². The van der Waals surface area contributed by atoms with Gasteiger partial charge in [0.25, 0.3) is 0 Å². The van der Waals surface area contributed by atoms with Crippen molar-refractivity contribution in [2.24, 2.45) is 0 Å². The number of hydrogen-bond donors (Lipinski definition) is 1. The molecule has 0 spiro atoms. The Labute approximate surface area is 214 Å². The van der Waals surface area contributed by atoms with E-state index < -0.39 is 16.1 Å². The van der Waals surface area contributed by atoms with Crippen LogP contribution >= 0.6 is 0 Å². The summed E-state index contributed by atoms with van der Waals surface area (Å²) in [7, 11) is -3.96. The second kappa shape index (κ2) is 11.7. The number of carbonyl (C=O) groups is 1. The number of amides is 1. The first-order valence-corrected chi connectivity index (χ1v) is 14.2. The summed E-state index contributed by atoms with van der Waals surface area (Å²) in [5, 5.41) is 10.9. The standard InChI is InChI=1S/C29H33N3O3S/c1-2-3-18-32(26-10-6-7-11-26)29(33)28(19-22-12-14-23(21-30)15-13-22)31-36(34,35)27-17-16-24-8-4-5-9-25(24)20-27/h4-5,8-9,12-17,20,26,28,31H,2-3,6-7,10-11,18-19H2,1H3. The van der Waals surface area contributed by atoms with E-state index in [1.54, 1.807) is 42.5 Å². The van der Waals surface area contributed by atoms with Crippen LogP contribution in [-0.2, 0) is 21.2 Å². The van der Waals surface area contributed by atoms with Crippen LogP contribution in [0, 0.1) is 11.3 Å². The Balaban J connectivity index is 1.65. The fraction of sp³-hybridized carbons (Fsp3) is 0.379. The summed E-state index contributed by atoms with van der Waals surface area (Å²) in [6, 6.07) is 20.9. The zero-order valence-corrected chi connectivity index (χ0v) is 21.5. The molecule has 0 heterocycles. The van der Waals surface area contributed by atoms with Crippen molar-refractivity contribution in [2.75, 3.05) is 6.54 Å². The molecule has 3 aromatic carbocycles. The van der Waals surface area contributed by atoms with Gasteiger partial charge in [0.1, 0.15) is 6.04 Å². The lowest BCUT2D eigenvalue weighted by molar-refractivity contribution is -0.135. The topological polar surface area (TPSA) is 90.3 Å². The normalized spacial score (nSPS) is 15.0. The Kier molecular flexibility index (Phi) is 8.40. The van der Waals surface area contributed by atoms with E-state index in [0.717, 1.165) is 54.9 Å². The molecule has 0 radical (unpaired) electrons. The van der Waals surface area contributed by atoms with Crippen LogP contribution in [0.2, 0.25) is 0 Å². The van der Waals surface area contributed by atoms with Crippen molar-refractivity contribution < 1.29 is 13.2 Å². The van der Waals surface area contributed by atoms with Crippen LogP contribution in [0.1, 0.15) is 56.6 Å². The summed E-state index contributed by atoms with van der Waals surface area (Å²) in [6.45, 7) is 2.72. The molecule has 1 unspecified atom stereocenters. The number of hydrogen-bond acceptors (Lipinski definition) is 4. The molecule has 4 rings (SSSR count). The molecule has 0 aliphatic heterocycles. The van der Waals surface area contributed by atoms with E-state index in [-0.39, 0.29) is 23.3 Å². The highest BCUT2D eigenvalue weighted by atomic mass is 32.2. The zero-order chi connectivity index (χ0) is 25.5. The third-order valence-electron chi connectivity index (χ3n) is 6.95. The molecule has 3 aromatic rings. The van der Waals surface area contributed by atoms with Gasteiger partial charge in [0.15, 0.2) is 0 Å². The van der Waals surface area contributed by atoms with Gasteiger partial charge in [0, 0.05) is 12.6 Å². The fourth-order valence-electron chi connectivity index (χ4n) is 4.94. The molecule has 1 saturated carbocycles. The summed E-state index contributed by atoms with van der Waals surface area (Å²) < 4.78 is 29.8. The van der Waals surface area contributed by atoms with E-state index in [1.165, 1.54) is 0 Å². The Morgan fingerprint density at radius 1 is 1.06 bits per heavy atom. The minimum Gasteiger partial charge on any atom is -0.338 e. The number of nitrogens with zero attached hydrogens (tertiary/aromatic N) is 2. The van der Waals surface area contributed by atoms with Crippen molar-refractivity contribution in [1.82, 2.24) is 9.62 Å². The molecule has 1 N–H and O–H groups in total. The molecule has 0 bridgehead atoms. The van der Waals surface area contributed by atoms with Crippen molar-refractivity contribution in [3.8, 4) is 6.07 Å². The van der Waals surface area contributed by atoms with Crippen molar-refractivity contribution in [3.05, 3.63) is 77.9 Å². The Morgan fingerprint density at radius 3 is 2.42 bits per heavy atom. The molecule has 6 nitrogen and oxygen atoms in total. The zero-order valence-electron chi connectivity index (χ0n) is 20.7. The van der Waals surface area contributed by atoms with Gasteiger partial charge in [-0.3, -0.25) is 4.79 Å². The average molecular weight is 504 g/mol. The maximum atomic E-state index is 13.9. The molecule has 0 saturated heterocycles. The molecule has 1 aliphatic carbocycles. The largest absolute Gasteiger partial charge is 0.338 e. The minimum atomic E-state index is -3.96. The van der Waals surface area contributed by atoms with Gasteiger partial charge in [-0.1, -0.05) is 68.7 Å². The number of rotatable bonds is 10. The number of sulfonamides is 1. The van der Waals surface area contributed by atoms with Gasteiger partial charge in [0.05, 0.1) is 16.5 Å². The van der Waals surface area contributed by atoms with Crippen molar-refractivity contribution in [1.29, 1.82) is 5.26 Å². The fourth-order valence-corrected chi connectivity index (χ4v) is 6.16. The quantitative estimate of drug-likeness (QED) is 0.413. The van der Waals surface area contributed by atoms with E-state index in [1.807, 2.05) is 29.2 Å². The molecule has 1 fully saturated rings. The highest BCUT2D eigenvalue weighted by molar-refractivity contribution is 7.89. The third kappa shape index (κ3) is 6.13. The predicted octanol–water partition coefficient (Wildman–Crippen LogP) is 5.17. The molecule has 1 amide bonds. The van der Waals surface area contributed by atoms with E-state index in [2.05, 4.69) is 17.7 Å². The summed E-state index contributed by atoms with van der Waals surface area (Å²) in [6.07, 6.45) is 6.13. The summed E-state index contributed by atoms with van der Waals surface area (Å²) >= 11 is 0. The molecule has 7 heteroatoms. The van der Waals surface area contributed by atoms with Crippen LogP contribution in [0.25, 0.3) is 10.8 Å². The van der Waals surface area contributed by atoms with E-state index in [4.69, 9.17) is 5.26 Å². The van der Waals surface area contributed by atoms with E-state index >= 15 is 0 Å². The second-order valence-electron chi connectivity index (χ2n) is 9.52. The number of nitrogens with one attached hydrogen (secondary N) is 1. The highest BCUT2D eigenvalue weighted by Gasteiger charge is 2.34. The SMILES string of the molecule is CCCCN(C(=O)C(Cc1ccc(C#N)cc1)NS(=O)(=O)c1ccc2ccccc2c1)C1CCCC1. The molecular formula is C29H33N3O3S. The molecular weight excluding hydrogens is 470 g/mol. The number of nitriles is 1. The Hall–Kier alpha value is -3.21. The van der Waals surface area contributed by atoms with Gasteiger partial charge < -0.3 is 4.90 Å². The predicted molar refractivity (Wildman–Crippen MR) is 142 cm³/mol. The molecule has 188 valence electrons. The smallest absolute Gasteiger partial charge is 0.241 e. The monoisotopic (exact) mass is 503 g/mol. The summed E-state index contributed by atoms with van der Waals surface area (Å²) in [4.78, 5) is 16.0. The number of fused-ring (bicyclic) bond motifs is 1. The van der Waals surface area contributed by atoms with Gasteiger partial charge in [-0.05, 0) is 66.3 Å². The van der Waals surface area contributed by atoms with E-state index in [9.17, 15) is 13.2 Å². The van der Waals surface area contributed by atoms with Gasteiger partial charge in [-0.25, -0.2) is 8.42 Å². The first-order valence-electron chi connectivity index (χ1n) is 12.7. The number of carbonyl (C=O) groups excluding carboxylic acids is 1. The van der Waals surface area contributed by atoms with Crippen LogP contribution < -0.4 is 4.72 Å². The average Bonchev–Trinajstić information content (AvgIpc) is 3.43. The lowest BCUT2D eigenvalue weighted by Gasteiger charge is -2.33. The van der Waals surface area contributed by atoms with Gasteiger partial charge >= 0.3 is 0 Å². The third-order valence-corrected chi connectivity index (χ3v) is 8.42. The summed E-state index contributed by atoms with van der Waals surface area (Å²) in [5.41, 5.74) is 1.32. The Morgan fingerprint density at radius 2 is 1.75 bits per heavy atom. The van der Waals surface area contributed by atoms with Crippen LogP contribution in [-0.4, -0.2) is 37.9 Å². The molecule has 1 aliphatic rings. The lowest BCUT2D eigenvalue weighted by Crippen LogP contribution is -2.52. The number of benzene rings is 3. The van der Waals surface area contributed by atoms with Crippen LogP contribution in [0.5, 0.6) is 0 Å². The Bertz CT molecular complexity index is 1340. The van der Waals surface area contributed by atoms with Gasteiger partial charge in [-0.2, -0.15) is 9.98 Å². The molecule has 36 heavy (non-hydrogen) atoms. The maximum absolute atomic E-state index is 13.9. The van der Waals surface area contributed by atoms with Crippen molar-refractivity contribution in [2.45, 2.75) is 68.8 Å². The first-order chi connectivity index (χ1) is 17.4. The van der Waals surface area contributed by atoms with Crippen LogP contribution in [0.3, 0.4) is 0 Å². The molecule has 1 atom stereocenters. The molecule has 0 aromatic heterocycles. The first kappa shape index (κ1) is 25.9. The van der Waals surface area contributed by atoms with Crippen LogP contribution in [0.15, 0.2) is 71.6 Å². The van der Waals surface area contributed by atoms with Crippen molar-refractivity contribution in [3.63, 3.8) is 0 Å².